The normalized spacial score (nSPS) is 10.3. The maximum Gasteiger partial charge on any atom is 0.269 e. The first-order valence-corrected chi connectivity index (χ1v) is 10.1. The first-order valence-electron chi connectivity index (χ1n) is 9.08. The molecule has 0 aliphatic carbocycles. The van der Waals surface area contributed by atoms with Crippen molar-refractivity contribution in [2.45, 2.75) is 12.1 Å². The van der Waals surface area contributed by atoms with E-state index in [4.69, 9.17) is 0 Å². The quantitative estimate of drug-likeness (QED) is 0.275. The van der Waals surface area contributed by atoms with Crippen molar-refractivity contribution in [3.8, 4) is 5.69 Å². The lowest BCUT2D eigenvalue weighted by Gasteiger charge is -2.09. The van der Waals surface area contributed by atoms with Crippen LogP contribution >= 0.6 is 11.8 Å². The van der Waals surface area contributed by atoms with Gasteiger partial charge in [0.15, 0.2) is 5.16 Å². The van der Waals surface area contributed by atoms with Crippen LogP contribution in [0.4, 0.5) is 11.4 Å². The van der Waals surface area contributed by atoms with Crippen molar-refractivity contribution in [1.29, 1.82) is 0 Å². The maximum atomic E-state index is 12.1. The third kappa shape index (κ3) is 5.89. The van der Waals surface area contributed by atoms with Crippen molar-refractivity contribution in [2.24, 2.45) is 0 Å². The van der Waals surface area contributed by atoms with Gasteiger partial charge in [0.25, 0.3) is 11.6 Å². The van der Waals surface area contributed by atoms with Crippen molar-refractivity contribution in [2.75, 3.05) is 11.1 Å². The first-order chi connectivity index (χ1) is 15.3. The molecule has 1 aromatic heterocycles. The first kappa shape index (κ1) is 22.4. The van der Waals surface area contributed by atoms with Crippen molar-refractivity contribution in [1.82, 2.24) is 25.6 Å². The summed E-state index contributed by atoms with van der Waals surface area (Å²) in [6, 6.07) is 12.0. The lowest BCUT2D eigenvalue weighted by Crippen LogP contribution is -2.42. The van der Waals surface area contributed by atoms with Gasteiger partial charge in [0.1, 0.15) is 6.33 Å². The predicted octanol–water partition coefficient (Wildman–Crippen LogP) is 1.69. The van der Waals surface area contributed by atoms with Crippen LogP contribution < -0.4 is 16.2 Å². The van der Waals surface area contributed by atoms with Gasteiger partial charge in [0.05, 0.1) is 16.4 Å². The fourth-order valence-electron chi connectivity index (χ4n) is 2.54. The summed E-state index contributed by atoms with van der Waals surface area (Å²) < 4.78 is 1.65. The summed E-state index contributed by atoms with van der Waals surface area (Å²) >= 11 is 1.09. The van der Waals surface area contributed by atoms with Gasteiger partial charge in [-0.3, -0.25) is 39.9 Å². The Bertz CT molecular complexity index is 1160. The van der Waals surface area contributed by atoms with Crippen molar-refractivity contribution < 1.29 is 19.3 Å². The number of carbonyl (C=O) groups excluding carboxylic acids is 3. The molecule has 3 aromatic rings. The monoisotopic (exact) mass is 455 g/mol. The number of benzene rings is 2. The largest absolute Gasteiger partial charge is 0.326 e. The molecule has 0 atom stereocenters. The van der Waals surface area contributed by atoms with Gasteiger partial charge in [0, 0.05) is 30.3 Å². The van der Waals surface area contributed by atoms with Crippen molar-refractivity contribution in [3.05, 3.63) is 70.5 Å². The highest BCUT2D eigenvalue weighted by molar-refractivity contribution is 7.99. The van der Waals surface area contributed by atoms with E-state index in [9.17, 15) is 24.5 Å². The molecule has 0 aliphatic rings. The number of anilines is 1. The van der Waals surface area contributed by atoms with Gasteiger partial charge >= 0.3 is 0 Å². The molecule has 2 aromatic carbocycles. The molecule has 0 aliphatic heterocycles. The van der Waals surface area contributed by atoms with Crippen LogP contribution in [-0.4, -0.2) is 43.2 Å². The molecule has 164 valence electrons. The van der Waals surface area contributed by atoms with E-state index in [1.54, 1.807) is 28.8 Å². The number of hydrogen-bond donors (Lipinski definition) is 3. The van der Waals surface area contributed by atoms with Crippen LogP contribution in [0.25, 0.3) is 5.69 Å². The number of aromatic nitrogens is 3. The Labute approximate surface area is 185 Å². The maximum absolute atomic E-state index is 12.1. The Kier molecular flexibility index (Phi) is 7.13. The second-order valence-electron chi connectivity index (χ2n) is 6.31. The lowest BCUT2D eigenvalue weighted by atomic mass is 10.2. The van der Waals surface area contributed by atoms with Crippen LogP contribution in [0.2, 0.25) is 0 Å². The van der Waals surface area contributed by atoms with Crippen LogP contribution in [-0.2, 0) is 9.59 Å². The molecule has 1 heterocycles. The van der Waals surface area contributed by atoms with E-state index in [1.807, 2.05) is 0 Å². The van der Waals surface area contributed by atoms with Gasteiger partial charge < -0.3 is 5.32 Å². The number of carbonyl (C=O) groups is 3. The summed E-state index contributed by atoms with van der Waals surface area (Å²) in [5, 5.41) is 21.6. The van der Waals surface area contributed by atoms with Gasteiger partial charge in [-0.1, -0.05) is 17.8 Å². The van der Waals surface area contributed by atoms with Crippen molar-refractivity contribution >= 4 is 40.9 Å². The van der Waals surface area contributed by atoms with Crippen LogP contribution in [0.15, 0.2) is 60.0 Å². The number of hydrazine groups is 1. The number of nitro groups is 1. The summed E-state index contributed by atoms with van der Waals surface area (Å²) in [7, 11) is 0. The number of nitrogens with one attached hydrogen (secondary N) is 3. The smallest absolute Gasteiger partial charge is 0.269 e. The van der Waals surface area contributed by atoms with Gasteiger partial charge in [-0.25, -0.2) is 0 Å². The highest BCUT2D eigenvalue weighted by Gasteiger charge is 2.13. The lowest BCUT2D eigenvalue weighted by molar-refractivity contribution is -0.384. The fourth-order valence-corrected chi connectivity index (χ4v) is 3.26. The number of nitrogens with zero attached hydrogens (tertiary/aromatic N) is 4. The number of nitro benzene ring substituents is 1. The van der Waals surface area contributed by atoms with E-state index in [2.05, 4.69) is 26.4 Å². The molecule has 0 bridgehead atoms. The molecule has 0 fully saturated rings. The number of amides is 3. The Hall–Kier alpha value is -4.26. The summed E-state index contributed by atoms with van der Waals surface area (Å²) in [5.41, 5.74) is 5.82. The molecule has 3 rings (SSSR count). The van der Waals surface area contributed by atoms with Crippen LogP contribution in [0.5, 0.6) is 0 Å². The fraction of sp³-hybridized carbons (Fsp3) is 0.105. The second-order valence-corrected chi connectivity index (χ2v) is 7.25. The number of thioether (sulfide) groups is 1. The van der Waals surface area contributed by atoms with Crippen LogP contribution in [0.1, 0.15) is 17.3 Å². The summed E-state index contributed by atoms with van der Waals surface area (Å²) in [4.78, 5) is 45.5. The molecular weight excluding hydrogens is 438 g/mol. The third-order valence-electron chi connectivity index (χ3n) is 3.95. The van der Waals surface area contributed by atoms with E-state index in [-0.39, 0.29) is 22.9 Å². The Morgan fingerprint density at radius 1 is 1.12 bits per heavy atom. The van der Waals surface area contributed by atoms with Gasteiger partial charge in [0.2, 0.25) is 11.8 Å². The zero-order valence-electron chi connectivity index (χ0n) is 16.6. The van der Waals surface area contributed by atoms with E-state index in [0.29, 0.717) is 16.5 Å². The van der Waals surface area contributed by atoms with Gasteiger partial charge in [-0.15, -0.1) is 10.2 Å². The number of rotatable bonds is 7. The predicted molar refractivity (Wildman–Crippen MR) is 115 cm³/mol. The topological polar surface area (TPSA) is 161 Å². The average Bonchev–Trinajstić information content (AvgIpc) is 3.24. The highest BCUT2D eigenvalue weighted by Crippen LogP contribution is 2.21. The summed E-state index contributed by atoms with van der Waals surface area (Å²) in [6.45, 7) is 1.41. The standard InChI is InChI=1S/C19H17N7O5S/c1-12(27)21-14-3-2-4-16(9-14)25-11-20-24-19(25)32-10-17(28)22-23-18(29)13-5-7-15(8-6-13)26(30)31/h2-9,11H,10H2,1H3,(H,21,27)(H,22,28)(H,23,29). The highest BCUT2D eigenvalue weighted by atomic mass is 32.2. The molecule has 0 unspecified atom stereocenters. The molecule has 12 nitrogen and oxygen atoms in total. The van der Waals surface area contributed by atoms with Crippen LogP contribution in [0.3, 0.4) is 0 Å². The molecule has 3 N–H and O–H groups in total. The Morgan fingerprint density at radius 3 is 2.56 bits per heavy atom. The van der Waals surface area contributed by atoms with Gasteiger partial charge in [-0.2, -0.15) is 0 Å². The average molecular weight is 455 g/mol. The summed E-state index contributed by atoms with van der Waals surface area (Å²) in [5.74, 6) is -1.37. The Morgan fingerprint density at radius 2 is 1.88 bits per heavy atom. The Balaban J connectivity index is 1.55. The minimum atomic E-state index is -0.615. The minimum absolute atomic E-state index is 0.0649. The number of hydrogen-bond acceptors (Lipinski definition) is 8. The second kappa shape index (κ2) is 10.2. The van der Waals surface area contributed by atoms with Gasteiger partial charge in [-0.05, 0) is 30.3 Å². The molecular formula is C19H17N7O5S. The molecule has 13 heteroatoms. The van der Waals surface area contributed by atoms with Crippen molar-refractivity contribution in [3.63, 3.8) is 0 Å². The number of non-ortho nitro benzene ring substituents is 1. The third-order valence-corrected chi connectivity index (χ3v) is 4.89. The molecule has 0 radical (unpaired) electrons. The van der Waals surface area contributed by atoms with E-state index >= 15 is 0 Å². The SMILES string of the molecule is CC(=O)Nc1cccc(-n2cnnc2SCC(=O)NNC(=O)c2ccc([N+](=O)[O-])cc2)c1. The molecule has 0 saturated carbocycles. The zero-order valence-corrected chi connectivity index (χ0v) is 17.5. The minimum Gasteiger partial charge on any atom is -0.326 e. The zero-order chi connectivity index (χ0) is 23.1. The molecule has 32 heavy (non-hydrogen) atoms. The summed E-state index contributed by atoms with van der Waals surface area (Å²) in [6.07, 6.45) is 1.48. The molecule has 0 saturated heterocycles. The van der Waals surface area contributed by atoms with E-state index in [1.165, 1.54) is 37.5 Å². The van der Waals surface area contributed by atoms with E-state index < -0.39 is 16.7 Å². The molecule has 0 spiro atoms. The van der Waals surface area contributed by atoms with E-state index in [0.717, 1.165) is 11.8 Å². The molecule has 3 amide bonds. The van der Waals surface area contributed by atoms with Crippen LogP contribution in [0, 0.1) is 10.1 Å².